The van der Waals surface area contributed by atoms with Crippen molar-refractivity contribution >= 4 is 23.7 Å². The van der Waals surface area contributed by atoms with E-state index in [0.29, 0.717) is 12.0 Å². The summed E-state index contributed by atoms with van der Waals surface area (Å²) in [5.41, 5.74) is 7.69. The third-order valence-electron chi connectivity index (χ3n) is 6.76. The molecular weight excluding hydrogens is 512 g/mol. The molecule has 0 radical (unpaired) electrons. The molecule has 5 unspecified atom stereocenters. The molecule has 2 aromatic rings. The maximum atomic E-state index is 13.5. The lowest BCUT2D eigenvalue weighted by Crippen LogP contribution is -2.58. The molecule has 218 valence electrons. The quantitative estimate of drug-likeness (QED) is 0.196. The molecule has 0 saturated heterocycles. The molecule has 2 aromatic carbocycles. The van der Waals surface area contributed by atoms with Crippen LogP contribution in [0.5, 0.6) is 5.75 Å². The van der Waals surface area contributed by atoms with E-state index in [0.717, 1.165) is 5.56 Å². The van der Waals surface area contributed by atoms with E-state index in [1.165, 1.54) is 12.1 Å². The first-order chi connectivity index (χ1) is 18.9. The summed E-state index contributed by atoms with van der Waals surface area (Å²) in [7, 11) is 0. The molecule has 0 aliphatic carbocycles. The van der Waals surface area contributed by atoms with Crippen LogP contribution in [-0.2, 0) is 32.0 Å². The highest BCUT2D eigenvalue weighted by atomic mass is 16.4. The molecule has 0 fully saturated rings. The number of hydrogen-bond donors (Lipinski definition) is 6. The summed E-state index contributed by atoms with van der Waals surface area (Å²) in [4.78, 5) is 51.5. The molecule has 0 spiro atoms. The topological polar surface area (TPSA) is 171 Å². The van der Waals surface area contributed by atoms with Crippen molar-refractivity contribution in [2.45, 2.75) is 77.5 Å². The van der Waals surface area contributed by atoms with Gasteiger partial charge in [0.15, 0.2) is 0 Å². The summed E-state index contributed by atoms with van der Waals surface area (Å²) in [5, 5.41) is 27.3. The Kier molecular flexibility index (Phi) is 12.6. The van der Waals surface area contributed by atoms with Gasteiger partial charge in [0.2, 0.25) is 17.7 Å². The Bertz CT molecular complexity index is 1120. The highest BCUT2D eigenvalue weighted by molar-refractivity contribution is 5.94. The van der Waals surface area contributed by atoms with E-state index >= 15 is 0 Å². The lowest BCUT2D eigenvalue weighted by atomic mass is 9.97. The van der Waals surface area contributed by atoms with Crippen LogP contribution in [0.1, 0.15) is 51.7 Å². The van der Waals surface area contributed by atoms with E-state index in [-0.39, 0.29) is 36.8 Å². The van der Waals surface area contributed by atoms with E-state index < -0.39 is 47.9 Å². The normalized spacial score (nSPS) is 14.8. The highest BCUT2D eigenvalue weighted by Gasteiger charge is 2.32. The molecule has 10 heteroatoms. The number of hydrogen-bond acceptors (Lipinski definition) is 6. The number of carbonyl (C=O) groups excluding carboxylic acids is 3. The van der Waals surface area contributed by atoms with Crippen LogP contribution in [-0.4, -0.2) is 58.1 Å². The number of benzene rings is 2. The van der Waals surface area contributed by atoms with Gasteiger partial charge in [-0.3, -0.25) is 14.4 Å². The molecule has 5 atom stereocenters. The molecule has 0 heterocycles. The van der Waals surface area contributed by atoms with Crippen LogP contribution in [0.2, 0.25) is 0 Å². The lowest BCUT2D eigenvalue weighted by molar-refractivity contribution is -0.144. The SMILES string of the molecule is CCC(C)C(NC(=O)C(CC(C)C)NC(=O)C(Cc1ccc(O)cc1)NC(=O)C(N)Cc1ccccc1)C(=O)O. The monoisotopic (exact) mass is 554 g/mol. The number of phenols is 1. The largest absolute Gasteiger partial charge is 0.508 e. The molecule has 10 nitrogen and oxygen atoms in total. The van der Waals surface area contributed by atoms with Crippen molar-refractivity contribution in [2.75, 3.05) is 0 Å². The number of carboxylic acid groups (broad SMARTS) is 1. The van der Waals surface area contributed by atoms with Gasteiger partial charge in [-0.2, -0.15) is 0 Å². The zero-order valence-electron chi connectivity index (χ0n) is 23.6. The Morgan fingerprint density at radius 3 is 1.88 bits per heavy atom. The van der Waals surface area contributed by atoms with Gasteiger partial charge < -0.3 is 31.9 Å². The van der Waals surface area contributed by atoms with Crippen LogP contribution in [0.15, 0.2) is 54.6 Å². The van der Waals surface area contributed by atoms with Crippen molar-refractivity contribution in [1.82, 2.24) is 16.0 Å². The minimum absolute atomic E-state index is 0.00682. The van der Waals surface area contributed by atoms with Gasteiger partial charge in [-0.05, 0) is 47.9 Å². The van der Waals surface area contributed by atoms with E-state index in [1.54, 1.807) is 19.1 Å². The summed E-state index contributed by atoms with van der Waals surface area (Å²) in [6.45, 7) is 7.33. The Morgan fingerprint density at radius 1 is 0.775 bits per heavy atom. The zero-order valence-corrected chi connectivity index (χ0v) is 23.6. The molecule has 0 aliphatic heterocycles. The fourth-order valence-corrected chi connectivity index (χ4v) is 4.23. The number of aliphatic carboxylic acids is 1. The number of nitrogens with one attached hydrogen (secondary N) is 3. The maximum absolute atomic E-state index is 13.5. The second-order valence-corrected chi connectivity index (χ2v) is 10.6. The summed E-state index contributed by atoms with van der Waals surface area (Å²) in [6.07, 6.45) is 1.15. The van der Waals surface area contributed by atoms with Crippen molar-refractivity contribution in [1.29, 1.82) is 0 Å². The molecule has 0 aromatic heterocycles. The predicted molar refractivity (Wildman–Crippen MR) is 152 cm³/mol. The Morgan fingerprint density at radius 2 is 1.32 bits per heavy atom. The summed E-state index contributed by atoms with van der Waals surface area (Å²) < 4.78 is 0. The minimum atomic E-state index is -1.15. The first-order valence-corrected chi connectivity index (χ1v) is 13.6. The van der Waals surface area contributed by atoms with Crippen LogP contribution in [0.25, 0.3) is 0 Å². The molecule has 7 N–H and O–H groups in total. The molecule has 0 saturated carbocycles. The van der Waals surface area contributed by atoms with Gasteiger partial charge in [-0.1, -0.05) is 76.6 Å². The summed E-state index contributed by atoms with van der Waals surface area (Å²) in [6, 6.07) is 11.4. The standard InChI is InChI=1S/C30H42N4O6/c1-5-19(4)26(30(39)40)34-29(38)24(15-18(2)3)33-28(37)25(17-21-11-13-22(35)14-12-21)32-27(36)23(31)16-20-9-7-6-8-10-20/h6-14,18-19,23-26,35H,5,15-17,31H2,1-4H3,(H,32,36)(H,33,37)(H,34,38)(H,39,40). The van der Waals surface area contributed by atoms with Gasteiger partial charge in [0.1, 0.15) is 23.9 Å². The fraction of sp³-hybridized carbons (Fsp3) is 0.467. The number of nitrogens with two attached hydrogens (primary N) is 1. The van der Waals surface area contributed by atoms with Crippen molar-refractivity contribution in [3.05, 3.63) is 65.7 Å². The third kappa shape index (κ3) is 10.3. The number of carbonyl (C=O) groups is 4. The zero-order chi connectivity index (χ0) is 29.8. The van der Waals surface area contributed by atoms with E-state index in [4.69, 9.17) is 5.73 Å². The summed E-state index contributed by atoms with van der Waals surface area (Å²) in [5.74, 6) is -3.15. The number of rotatable bonds is 15. The van der Waals surface area contributed by atoms with Gasteiger partial charge in [-0.15, -0.1) is 0 Å². The highest BCUT2D eigenvalue weighted by Crippen LogP contribution is 2.14. The van der Waals surface area contributed by atoms with E-state index in [1.807, 2.05) is 51.1 Å². The van der Waals surface area contributed by atoms with Gasteiger partial charge in [0.25, 0.3) is 0 Å². The minimum Gasteiger partial charge on any atom is -0.508 e. The number of aromatic hydroxyl groups is 1. The van der Waals surface area contributed by atoms with Crippen molar-refractivity contribution in [3.63, 3.8) is 0 Å². The first-order valence-electron chi connectivity index (χ1n) is 13.6. The van der Waals surface area contributed by atoms with Gasteiger partial charge in [0.05, 0.1) is 6.04 Å². The van der Waals surface area contributed by atoms with Crippen LogP contribution < -0.4 is 21.7 Å². The molecule has 3 amide bonds. The molecule has 0 aliphatic rings. The molecule has 2 rings (SSSR count). The number of carboxylic acids is 1. The van der Waals surface area contributed by atoms with E-state index in [9.17, 15) is 29.4 Å². The van der Waals surface area contributed by atoms with Crippen LogP contribution in [0, 0.1) is 11.8 Å². The Hall–Kier alpha value is -3.92. The van der Waals surface area contributed by atoms with Crippen molar-refractivity contribution in [3.8, 4) is 5.75 Å². The molecular formula is C30H42N4O6. The van der Waals surface area contributed by atoms with Crippen LogP contribution in [0.3, 0.4) is 0 Å². The van der Waals surface area contributed by atoms with Crippen molar-refractivity contribution in [2.24, 2.45) is 17.6 Å². The van der Waals surface area contributed by atoms with Crippen LogP contribution >= 0.6 is 0 Å². The second-order valence-electron chi connectivity index (χ2n) is 10.6. The fourth-order valence-electron chi connectivity index (χ4n) is 4.23. The van der Waals surface area contributed by atoms with Crippen molar-refractivity contribution < 1.29 is 29.4 Å². The van der Waals surface area contributed by atoms with Gasteiger partial charge >= 0.3 is 5.97 Å². The van der Waals surface area contributed by atoms with Gasteiger partial charge in [-0.25, -0.2) is 4.79 Å². The average molecular weight is 555 g/mol. The summed E-state index contributed by atoms with van der Waals surface area (Å²) >= 11 is 0. The second kappa shape index (κ2) is 15.6. The first kappa shape index (κ1) is 32.3. The van der Waals surface area contributed by atoms with Crippen LogP contribution in [0.4, 0.5) is 0 Å². The smallest absolute Gasteiger partial charge is 0.326 e. The number of phenolic OH excluding ortho intramolecular Hbond substituents is 1. The molecule has 40 heavy (non-hydrogen) atoms. The Balaban J connectivity index is 2.25. The van der Waals surface area contributed by atoms with Gasteiger partial charge in [0, 0.05) is 6.42 Å². The average Bonchev–Trinajstić information content (AvgIpc) is 2.91. The third-order valence-corrected chi connectivity index (χ3v) is 6.76. The van der Waals surface area contributed by atoms with E-state index in [2.05, 4.69) is 16.0 Å². The lowest BCUT2D eigenvalue weighted by Gasteiger charge is -2.27. The molecule has 0 bridgehead atoms. The predicted octanol–water partition coefficient (Wildman–Crippen LogP) is 2.14. The number of amides is 3. The maximum Gasteiger partial charge on any atom is 0.326 e. The Labute approximate surface area is 235 Å².